The molecule has 1 aromatic heterocycles. The van der Waals surface area contributed by atoms with Crippen molar-refractivity contribution in [2.75, 3.05) is 6.54 Å². The number of nitrogens with zero attached hydrogens (tertiary/aromatic N) is 3. The second-order valence-corrected chi connectivity index (χ2v) is 7.65. The number of hydrogen-bond donors (Lipinski definition) is 0. The monoisotopic (exact) mass is 395 g/mol. The third-order valence-corrected chi connectivity index (χ3v) is 5.82. The topological polar surface area (TPSA) is 51.3 Å². The number of fused-ring (bicyclic) bond motifs is 1. The minimum Gasteiger partial charge on any atom is -0.350 e. The lowest BCUT2D eigenvalue weighted by Gasteiger charge is -2.31. The Labute approximate surface area is 169 Å². The normalized spacial score (nSPS) is 17.1. The van der Waals surface area contributed by atoms with Crippen LogP contribution in [0, 0.1) is 17.0 Å². The second-order valence-electron chi connectivity index (χ2n) is 7.24. The van der Waals surface area contributed by atoms with Gasteiger partial charge in [-0.2, -0.15) is 0 Å². The van der Waals surface area contributed by atoms with Crippen molar-refractivity contribution < 1.29 is 4.92 Å². The van der Waals surface area contributed by atoms with Crippen molar-refractivity contribution in [2.45, 2.75) is 32.5 Å². The van der Waals surface area contributed by atoms with Crippen LogP contribution < -0.4 is 0 Å². The van der Waals surface area contributed by atoms with Gasteiger partial charge in [-0.05, 0) is 42.7 Å². The molecule has 0 saturated carbocycles. The number of aromatic nitrogens is 1. The number of hydrogen-bond acceptors (Lipinski definition) is 3. The molecule has 0 fully saturated rings. The first-order valence-electron chi connectivity index (χ1n) is 9.42. The van der Waals surface area contributed by atoms with Crippen LogP contribution in [-0.2, 0) is 13.1 Å². The van der Waals surface area contributed by atoms with Gasteiger partial charge >= 0.3 is 0 Å². The first-order chi connectivity index (χ1) is 13.5. The summed E-state index contributed by atoms with van der Waals surface area (Å²) >= 11 is 6.56. The lowest BCUT2D eigenvalue weighted by atomic mass is 9.99. The van der Waals surface area contributed by atoms with Crippen LogP contribution in [0.4, 0.5) is 5.69 Å². The van der Waals surface area contributed by atoms with E-state index in [1.807, 2.05) is 12.1 Å². The van der Waals surface area contributed by atoms with Gasteiger partial charge < -0.3 is 4.57 Å². The van der Waals surface area contributed by atoms with E-state index >= 15 is 0 Å². The van der Waals surface area contributed by atoms with E-state index in [0.29, 0.717) is 5.02 Å². The quantitative estimate of drug-likeness (QED) is 0.441. The van der Waals surface area contributed by atoms with E-state index in [1.54, 1.807) is 12.1 Å². The van der Waals surface area contributed by atoms with E-state index in [9.17, 15) is 10.1 Å². The molecule has 1 aliphatic rings. The van der Waals surface area contributed by atoms with Crippen LogP contribution in [0.25, 0.3) is 0 Å². The first kappa shape index (κ1) is 18.7. The van der Waals surface area contributed by atoms with Crippen molar-refractivity contribution in [1.82, 2.24) is 9.47 Å². The molecule has 0 aliphatic carbocycles. The van der Waals surface area contributed by atoms with E-state index in [4.69, 9.17) is 11.6 Å². The zero-order valence-electron chi connectivity index (χ0n) is 15.7. The number of nitro groups is 1. The Morgan fingerprint density at radius 2 is 1.96 bits per heavy atom. The van der Waals surface area contributed by atoms with Crippen LogP contribution in [0.5, 0.6) is 0 Å². The van der Waals surface area contributed by atoms with E-state index in [2.05, 4.69) is 46.9 Å². The number of rotatable bonds is 4. The molecular formula is C22H22ClN3O2. The Balaban J connectivity index is 1.83. The average Bonchev–Trinajstić information content (AvgIpc) is 3.06. The molecule has 1 aliphatic heterocycles. The summed E-state index contributed by atoms with van der Waals surface area (Å²) in [6, 6.07) is 17.1. The molecule has 4 rings (SSSR count). The number of aryl methyl sites for hydroxylation is 2. The number of non-ortho nitro benzene ring substituents is 1. The summed E-state index contributed by atoms with van der Waals surface area (Å²) in [5, 5.41) is 11.9. The molecule has 0 N–H and O–H groups in total. The lowest BCUT2D eigenvalue weighted by Crippen LogP contribution is -2.30. The molecule has 3 aromatic rings. The van der Waals surface area contributed by atoms with Crippen LogP contribution in [0.1, 0.15) is 34.8 Å². The van der Waals surface area contributed by atoms with E-state index in [1.165, 1.54) is 17.2 Å². The maximum atomic E-state index is 11.4. The Morgan fingerprint density at radius 1 is 1.14 bits per heavy atom. The molecule has 2 heterocycles. The maximum Gasteiger partial charge on any atom is 0.269 e. The summed E-state index contributed by atoms with van der Waals surface area (Å²) in [5.41, 5.74) is 4.47. The third kappa shape index (κ3) is 3.55. The molecule has 6 heteroatoms. The SMILES string of the molecule is Cc1ccccc1CN1CCCn2cccc2[C@@H]1c1cc([N+](=O)[O-])ccc1Cl. The number of halogens is 1. The van der Waals surface area contributed by atoms with Crippen LogP contribution >= 0.6 is 11.6 Å². The molecule has 0 unspecified atom stereocenters. The van der Waals surface area contributed by atoms with Crippen molar-refractivity contribution in [1.29, 1.82) is 0 Å². The predicted octanol–water partition coefficient (Wildman–Crippen LogP) is 5.35. The fourth-order valence-electron chi connectivity index (χ4n) is 4.03. The van der Waals surface area contributed by atoms with Gasteiger partial charge in [0.15, 0.2) is 0 Å². The summed E-state index contributed by atoms with van der Waals surface area (Å²) in [6.45, 7) is 4.70. The van der Waals surface area contributed by atoms with Gasteiger partial charge in [-0.1, -0.05) is 35.9 Å². The lowest BCUT2D eigenvalue weighted by molar-refractivity contribution is -0.384. The summed E-state index contributed by atoms with van der Waals surface area (Å²) < 4.78 is 2.23. The average molecular weight is 396 g/mol. The van der Waals surface area contributed by atoms with Gasteiger partial charge in [0.1, 0.15) is 0 Å². The van der Waals surface area contributed by atoms with E-state index < -0.39 is 0 Å². The fraction of sp³-hybridized carbons (Fsp3) is 0.273. The Bertz CT molecular complexity index is 1010. The molecule has 0 saturated heterocycles. The summed E-state index contributed by atoms with van der Waals surface area (Å²) in [5.74, 6) is 0. The van der Waals surface area contributed by atoms with Crippen molar-refractivity contribution >= 4 is 17.3 Å². The molecule has 28 heavy (non-hydrogen) atoms. The van der Waals surface area contributed by atoms with Gasteiger partial charge in [0, 0.05) is 54.2 Å². The molecule has 0 bridgehead atoms. The van der Waals surface area contributed by atoms with Crippen LogP contribution in [0.15, 0.2) is 60.8 Å². The van der Waals surface area contributed by atoms with Crippen molar-refractivity contribution in [3.05, 3.63) is 98.3 Å². The summed E-state index contributed by atoms with van der Waals surface area (Å²) in [6.07, 6.45) is 3.08. The van der Waals surface area contributed by atoms with Gasteiger partial charge in [0.25, 0.3) is 5.69 Å². The van der Waals surface area contributed by atoms with E-state index in [-0.39, 0.29) is 16.7 Å². The van der Waals surface area contributed by atoms with Gasteiger partial charge in [0.05, 0.1) is 11.0 Å². The molecular weight excluding hydrogens is 374 g/mol. The molecule has 1 atom stereocenters. The van der Waals surface area contributed by atoms with Gasteiger partial charge in [0.2, 0.25) is 0 Å². The Hall–Kier alpha value is -2.63. The van der Waals surface area contributed by atoms with Crippen LogP contribution in [-0.4, -0.2) is 20.9 Å². The molecule has 144 valence electrons. The first-order valence-corrected chi connectivity index (χ1v) is 9.80. The van der Waals surface area contributed by atoms with Crippen LogP contribution in [0.3, 0.4) is 0 Å². The zero-order chi connectivity index (χ0) is 19.7. The molecule has 2 aromatic carbocycles. The van der Waals surface area contributed by atoms with Gasteiger partial charge in [-0.25, -0.2) is 0 Å². The van der Waals surface area contributed by atoms with Crippen LogP contribution in [0.2, 0.25) is 5.02 Å². The highest BCUT2D eigenvalue weighted by atomic mass is 35.5. The highest BCUT2D eigenvalue weighted by molar-refractivity contribution is 6.31. The highest BCUT2D eigenvalue weighted by Crippen LogP contribution is 2.38. The molecule has 0 amide bonds. The standard InChI is InChI=1S/C22H22ClN3O2/c1-16-6-2-3-7-17(16)15-25-13-5-12-24-11-4-8-21(24)22(25)19-14-18(26(27)28)9-10-20(19)23/h2-4,6-11,14,22H,5,12-13,15H2,1H3/t22-/m0/s1. The summed E-state index contributed by atoms with van der Waals surface area (Å²) in [4.78, 5) is 13.4. The smallest absolute Gasteiger partial charge is 0.269 e. The predicted molar refractivity (Wildman–Crippen MR) is 111 cm³/mol. The molecule has 0 radical (unpaired) electrons. The van der Waals surface area contributed by atoms with Crippen molar-refractivity contribution in [3.8, 4) is 0 Å². The maximum absolute atomic E-state index is 11.4. The Morgan fingerprint density at radius 3 is 2.75 bits per heavy atom. The zero-order valence-corrected chi connectivity index (χ0v) is 16.5. The highest BCUT2D eigenvalue weighted by Gasteiger charge is 2.30. The third-order valence-electron chi connectivity index (χ3n) is 5.47. The van der Waals surface area contributed by atoms with Crippen molar-refractivity contribution in [2.24, 2.45) is 0 Å². The van der Waals surface area contributed by atoms with Crippen molar-refractivity contribution in [3.63, 3.8) is 0 Å². The van der Waals surface area contributed by atoms with Gasteiger partial charge in [-0.3, -0.25) is 15.0 Å². The minimum atomic E-state index is -0.360. The van der Waals surface area contributed by atoms with E-state index in [0.717, 1.165) is 37.3 Å². The Kier molecular flexibility index (Phi) is 5.20. The molecule has 5 nitrogen and oxygen atoms in total. The minimum absolute atomic E-state index is 0.0672. The summed E-state index contributed by atoms with van der Waals surface area (Å²) in [7, 11) is 0. The number of benzene rings is 2. The second kappa shape index (κ2) is 7.78. The molecule has 0 spiro atoms. The largest absolute Gasteiger partial charge is 0.350 e. The van der Waals surface area contributed by atoms with Gasteiger partial charge in [-0.15, -0.1) is 0 Å². The fourth-order valence-corrected chi connectivity index (χ4v) is 4.25. The number of nitro benzene ring substituents is 1.